The van der Waals surface area contributed by atoms with Gasteiger partial charge in [0.05, 0.1) is 6.42 Å². The molecule has 0 aliphatic carbocycles. The monoisotopic (exact) mass is 266 g/mol. The molecule has 0 radical (unpaired) electrons. The molecule has 2 rings (SSSR count). The fraction of sp³-hybridized carbons (Fsp3) is 0.643. The van der Waals surface area contributed by atoms with Crippen LogP contribution in [0.5, 0.6) is 0 Å². The molecule has 3 nitrogen and oxygen atoms in total. The van der Waals surface area contributed by atoms with Gasteiger partial charge in [-0.25, -0.2) is 0 Å². The molecular weight excluding hydrogens is 244 g/mol. The van der Waals surface area contributed by atoms with E-state index in [1.807, 2.05) is 4.90 Å². The van der Waals surface area contributed by atoms with Gasteiger partial charge in [-0.3, -0.25) is 4.79 Å². The molecule has 2 heterocycles. The van der Waals surface area contributed by atoms with Crippen LogP contribution in [0.15, 0.2) is 12.1 Å². The number of hydrogen-bond donors (Lipinski definition) is 0. The zero-order valence-electron chi connectivity index (χ0n) is 11.3. The lowest BCUT2D eigenvalue weighted by atomic mass is 10.3. The molecule has 1 amide bonds. The van der Waals surface area contributed by atoms with Crippen molar-refractivity contribution >= 4 is 17.2 Å². The maximum Gasteiger partial charge on any atom is 0.227 e. The summed E-state index contributed by atoms with van der Waals surface area (Å²) in [6.07, 6.45) is 1.67. The fourth-order valence-corrected chi connectivity index (χ4v) is 3.26. The quantitative estimate of drug-likeness (QED) is 0.837. The Morgan fingerprint density at radius 1 is 1.28 bits per heavy atom. The van der Waals surface area contributed by atoms with Gasteiger partial charge in [-0.2, -0.15) is 0 Å². The van der Waals surface area contributed by atoms with E-state index in [2.05, 4.69) is 30.9 Å². The van der Waals surface area contributed by atoms with Gasteiger partial charge in [0.15, 0.2) is 0 Å². The van der Waals surface area contributed by atoms with E-state index >= 15 is 0 Å². The largest absolute Gasteiger partial charge is 0.341 e. The number of hydrogen-bond acceptors (Lipinski definition) is 3. The molecule has 4 heteroatoms. The van der Waals surface area contributed by atoms with Crippen LogP contribution in [-0.2, 0) is 11.2 Å². The van der Waals surface area contributed by atoms with E-state index in [0.717, 1.165) is 39.1 Å². The zero-order valence-corrected chi connectivity index (χ0v) is 12.1. The maximum atomic E-state index is 12.2. The summed E-state index contributed by atoms with van der Waals surface area (Å²) in [7, 11) is 0. The summed E-state index contributed by atoms with van der Waals surface area (Å²) in [6, 6.07) is 4.17. The topological polar surface area (TPSA) is 23.6 Å². The van der Waals surface area contributed by atoms with E-state index in [-0.39, 0.29) is 5.91 Å². The van der Waals surface area contributed by atoms with Gasteiger partial charge in [-0.05, 0) is 38.6 Å². The molecule has 1 saturated heterocycles. The van der Waals surface area contributed by atoms with E-state index in [0.29, 0.717) is 6.42 Å². The lowest BCUT2D eigenvalue weighted by Crippen LogP contribution is -2.35. The van der Waals surface area contributed by atoms with Gasteiger partial charge in [0, 0.05) is 29.4 Å². The van der Waals surface area contributed by atoms with Crippen molar-refractivity contribution < 1.29 is 4.79 Å². The third kappa shape index (κ3) is 3.56. The number of aryl methyl sites for hydroxylation is 1. The molecule has 1 aliphatic rings. The highest BCUT2D eigenvalue weighted by Crippen LogP contribution is 2.16. The summed E-state index contributed by atoms with van der Waals surface area (Å²) in [5, 5.41) is 0. The lowest BCUT2D eigenvalue weighted by Gasteiger charge is -2.21. The van der Waals surface area contributed by atoms with Crippen LogP contribution in [-0.4, -0.2) is 48.4 Å². The maximum absolute atomic E-state index is 12.2. The second kappa shape index (κ2) is 6.34. The van der Waals surface area contributed by atoms with E-state index < -0.39 is 0 Å². The molecule has 0 atom stereocenters. The summed E-state index contributed by atoms with van der Waals surface area (Å²) in [4.78, 5) is 19.2. The second-order valence-corrected chi connectivity index (χ2v) is 6.23. The lowest BCUT2D eigenvalue weighted by molar-refractivity contribution is -0.130. The SMILES string of the molecule is CCN1CCCN(C(=O)Cc2ccc(C)s2)CC1. The molecule has 0 saturated carbocycles. The summed E-state index contributed by atoms with van der Waals surface area (Å²) < 4.78 is 0. The fourth-order valence-electron chi connectivity index (χ4n) is 2.38. The van der Waals surface area contributed by atoms with E-state index in [9.17, 15) is 4.79 Å². The van der Waals surface area contributed by atoms with Crippen molar-refractivity contribution in [3.63, 3.8) is 0 Å². The summed E-state index contributed by atoms with van der Waals surface area (Å²) in [6.45, 7) is 9.31. The molecule has 0 unspecified atom stereocenters. The van der Waals surface area contributed by atoms with Crippen LogP contribution in [0.3, 0.4) is 0 Å². The van der Waals surface area contributed by atoms with Crippen molar-refractivity contribution in [3.05, 3.63) is 21.9 Å². The van der Waals surface area contributed by atoms with Gasteiger partial charge in [0.2, 0.25) is 5.91 Å². The van der Waals surface area contributed by atoms with Crippen molar-refractivity contribution in [1.82, 2.24) is 9.80 Å². The van der Waals surface area contributed by atoms with E-state index in [4.69, 9.17) is 0 Å². The smallest absolute Gasteiger partial charge is 0.227 e. The summed E-state index contributed by atoms with van der Waals surface area (Å²) in [5.74, 6) is 0.287. The van der Waals surface area contributed by atoms with Crippen LogP contribution in [0, 0.1) is 6.92 Å². The Labute approximate surface area is 113 Å². The van der Waals surface area contributed by atoms with Crippen LogP contribution >= 0.6 is 11.3 Å². The molecule has 100 valence electrons. The van der Waals surface area contributed by atoms with E-state index in [1.165, 1.54) is 9.75 Å². The van der Waals surface area contributed by atoms with Crippen LogP contribution in [0.1, 0.15) is 23.1 Å². The first-order valence-corrected chi connectivity index (χ1v) is 7.56. The number of carbonyl (C=O) groups is 1. The minimum Gasteiger partial charge on any atom is -0.341 e. The Balaban J connectivity index is 1.89. The Morgan fingerprint density at radius 2 is 2.11 bits per heavy atom. The van der Waals surface area contributed by atoms with Crippen molar-refractivity contribution in [2.45, 2.75) is 26.7 Å². The molecule has 1 aromatic rings. The summed E-state index contributed by atoms with van der Waals surface area (Å²) in [5.41, 5.74) is 0. The minimum absolute atomic E-state index is 0.287. The minimum atomic E-state index is 0.287. The number of carbonyl (C=O) groups excluding carboxylic acids is 1. The Morgan fingerprint density at radius 3 is 2.78 bits per heavy atom. The van der Waals surface area contributed by atoms with Crippen LogP contribution in [0.4, 0.5) is 0 Å². The highest BCUT2D eigenvalue weighted by atomic mass is 32.1. The number of likely N-dealkylation sites (N-methyl/N-ethyl adjacent to an activating group) is 1. The van der Waals surface area contributed by atoms with Crippen LogP contribution in [0.2, 0.25) is 0 Å². The molecular formula is C14H22N2OS. The average molecular weight is 266 g/mol. The highest BCUT2D eigenvalue weighted by molar-refractivity contribution is 7.12. The van der Waals surface area contributed by atoms with Gasteiger partial charge in [-0.1, -0.05) is 6.92 Å². The number of rotatable bonds is 3. The Kier molecular flexibility index (Phi) is 4.78. The van der Waals surface area contributed by atoms with Crippen LogP contribution in [0.25, 0.3) is 0 Å². The van der Waals surface area contributed by atoms with Crippen molar-refractivity contribution in [2.75, 3.05) is 32.7 Å². The molecule has 0 spiro atoms. The van der Waals surface area contributed by atoms with Crippen LogP contribution < -0.4 is 0 Å². The van der Waals surface area contributed by atoms with Crippen molar-refractivity contribution in [1.29, 1.82) is 0 Å². The molecule has 1 aliphatic heterocycles. The molecule has 1 fully saturated rings. The number of thiophene rings is 1. The predicted octanol–water partition coefficient (Wildman–Crippen LogP) is 2.15. The molecule has 18 heavy (non-hydrogen) atoms. The third-order valence-electron chi connectivity index (χ3n) is 3.51. The van der Waals surface area contributed by atoms with Crippen molar-refractivity contribution in [3.8, 4) is 0 Å². The van der Waals surface area contributed by atoms with Gasteiger partial charge < -0.3 is 9.80 Å². The standard InChI is InChI=1S/C14H22N2OS/c1-3-15-7-4-8-16(10-9-15)14(17)11-13-6-5-12(2)18-13/h5-6H,3-4,7-11H2,1-2H3. The normalized spacial score (nSPS) is 17.8. The van der Waals surface area contributed by atoms with Crippen molar-refractivity contribution in [2.24, 2.45) is 0 Å². The first kappa shape index (κ1) is 13.6. The summed E-state index contributed by atoms with van der Waals surface area (Å²) >= 11 is 1.73. The molecule has 0 bridgehead atoms. The van der Waals surface area contributed by atoms with E-state index in [1.54, 1.807) is 11.3 Å². The number of nitrogens with zero attached hydrogens (tertiary/aromatic N) is 2. The number of amides is 1. The zero-order chi connectivity index (χ0) is 13.0. The molecule has 0 aromatic carbocycles. The third-order valence-corrected chi connectivity index (χ3v) is 4.51. The first-order valence-electron chi connectivity index (χ1n) is 6.74. The predicted molar refractivity (Wildman–Crippen MR) is 76.1 cm³/mol. The molecule has 1 aromatic heterocycles. The van der Waals surface area contributed by atoms with Gasteiger partial charge in [0.1, 0.15) is 0 Å². The highest BCUT2D eigenvalue weighted by Gasteiger charge is 2.18. The average Bonchev–Trinajstić information content (AvgIpc) is 2.65. The second-order valence-electron chi connectivity index (χ2n) is 4.86. The Hall–Kier alpha value is -0.870. The van der Waals surface area contributed by atoms with Gasteiger partial charge in [0.25, 0.3) is 0 Å². The van der Waals surface area contributed by atoms with Gasteiger partial charge >= 0.3 is 0 Å². The Bertz CT molecular complexity index is 402. The molecule has 0 N–H and O–H groups in total. The van der Waals surface area contributed by atoms with Gasteiger partial charge in [-0.15, -0.1) is 11.3 Å². The first-order chi connectivity index (χ1) is 8.69.